The number of rotatable bonds is 3. The molecule has 24 heavy (non-hydrogen) atoms. The molecule has 0 aliphatic carbocycles. The summed E-state index contributed by atoms with van der Waals surface area (Å²) < 4.78 is 1.72. The van der Waals surface area contributed by atoms with Gasteiger partial charge in [0.2, 0.25) is 0 Å². The number of hydrogen-bond donors (Lipinski definition) is 2. The van der Waals surface area contributed by atoms with Crippen molar-refractivity contribution in [2.45, 2.75) is 33.2 Å². The zero-order chi connectivity index (χ0) is 17.3. The molecule has 2 aromatic heterocycles. The Morgan fingerprint density at radius 2 is 2.21 bits per heavy atom. The van der Waals surface area contributed by atoms with Crippen molar-refractivity contribution < 1.29 is 4.79 Å². The van der Waals surface area contributed by atoms with Gasteiger partial charge in [-0.25, -0.2) is 9.67 Å². The maximum Gasteiger partial charge on any atom is 0.271 e. The molecular formula is C17H22ClN5O. The van der Waals surface area contributed by atoms with E-state index in [2.05, 4.69) is 27.6 Å². The lowest BCUT2D eigenvalue weighted by atomic mass is 9.95. The number of nitrogens with zero attached hydrogens (tertiary/aromatic N) is 3. The monoisotopic (exact) mass is 347 g/mol. The Kier molecular flexibility index (Phi) is 4.87. The van der Waals surface area contributed by atoms with Crippen molar-refractivity contribution in [2.24, 2.45) is 5.92 Å². The minimum absolute atomic E-state index is 0.133. The van der Waals surface area contributed by atoms with E-state index in [4.69, 9.17) is 11.6 Å². The Labute approximate surface area is 146 Å². The zero-order valence-corrected chi connectivity index (χ0v) is 14.9. The molecule has 2 aromatic rings. The zero-order valence-electron chi connectivity index (χ0n) is 14.1. The quantitative estimate of drug-likeness (QED) is 0.893. The maximum absolute atomic E-state index is 12.6. The number of carbonyl (C=O) groups excluding carboxylic acids is 1. The van der Waals surface area contributed by atoms with E-state index in [1.165, 1.54) is 0 Å². The van der Waals surface area contributed by atoms with Gasteiger partial charge in [-0.1, -0.05) is 18.5 Å². The number of pyridine rings is 1. The lowest BCUT2D eigenvalue weighted by Crippen LogP contribution is -2.48. The highest BCUT2D eigenvalue weighted by molar-refractivity contribution is 6.33. The Morgan fingerprint density at radius 1 is 1.42 bits per heavy atom. The molecule has 2 unspecified atom stereocenters. The number of aromatic nitrogens is 3. The van der Waals surface area contributed by atoms with Crippen LogP contribution < -0.4 is 10.6 Å². The van der Waals surface area contributed by atoms with Gasteiger partial charge in [0.15, 0.2) is 5.82 Å². The minimum atomic E-state index is -0.234. The summed E-state index contributed by atoms with van der Waals surface area (Å²) in [5.74, 6) is 0.733. The number of carbonyl (C=O) groups is 1. The first-order chi connectivity index (χ1) is 11.5. The summed E-state index contributed by atoms with van der Waals surface area (Å²) in [6.07, 6.45) is 0.904. The molecule has 2 N–H and O–H groups in total. The first-order valence-electron chi connectivity index (χ1n) is 8.17. The van der Waals surface area contributed by atoms with Crippen LogP contribution in [0.3, 0.4) is 0 Å². The molecule has 6 nitrogen and oxygen atoms in total. The molecule has 0 radical (unpaired) electrons. The number of nitrogens with one attached hydrogen (secondary N) is 2. The second kappa shape index (κ2) is 6.91. The number of aryl methyl sites for hydroxylation is 2. The van der Waals surface area contributed by atoms with Gasteiger partial charge in [0.1, 0.15) is 5.69 Å². The Morgan fingerprint density at radius 3 is 2.88 bits per heavy atom. The van der Waals surface area contributed by atoms with Crippen LogP contribution in [0, 0.1) is 19.8 Å². The second-order valence-electron chi connectivity index (χ2n) is 6.39. The molecule has 0 spiro atoms. The largest absolute Gasteiger partial charge is 0.348 e. The maximum atomic E-state index is 12.6. The van der Waals surface area contributed by atoms with Crippen LogP contribution in [0.1, 0.15) is 35.2 Å². The Hall–Kier alpha value is -1.92. The topological polar surface area (TPSA) is 71.8 Å². The number of amides is 1. The molecule has 7 heteroatoms. The van der Waals surface area contributed by atoms with Crippen LogP contribution >= 0.6 is 11.6 Å². The molecule has 128 valence electrons. The van der Waals surface area contributed by atoms with Gasteiger partial charge in [-0.3, -0.25) is 4.79 Å². The summed E-state index contributed by atoms with van der Waals surface area (Å²) in [6.45, 7) is 7.80. The van der Waals surface area contributed by atoms with Crippen LogP contribution in [-0.2, 0) is 0 Å². The summed E-state index contributed by atoms with van der Waals surface area (Å²) in [4.78, 5) is 17.1. The summed E-state index contributed by atoms with van der Waals surface area (Å²) in [7, 11) is 0. The fourth-order valence-electron chi connectivity index (χ4n) is 3.04. The predicted molar refractivity (Wildman–Crippen MR) is 93.7 cm³/mol. The van der Waals surface area contributed by atoms with Crippen molar-refractivity contribution in [3.63, 3.8) is 0 Å². The van der Waals surface area contributed by atoms with Crippen LogP contribution in [0.2, 0.25) is 5.02 Å². The molecule has 3 heterocycles. The lowest BCUT2D eigenvalue weighted by molar-refractivity contribution is 0.0909. The third-order valence-corrected chi connectivity index (χ3v) is 4.68. The molecule has 1 fully saturated rings. The molecule has 3 rings (SSSR count). The summed E-state index contributed by atoms with van der Waals surface area (Å²) in [5.41, 5.74) is 2.10. The van der Waals surface area contributed by atoms with Crippen molar-refractivity contribution in [1.29, 1.82) is 0 Å². The van der Waals surface area contributed by atoms with E-state index in [1.807, 2.05) is 19.9 Å². The van der Waals surface area contributed by atoms with E-state index in [1.54, 1.807) is 16.8 Å². The van der Waals surface area contributed by atoms with E-state index in [9.17, 15) is 4.79 Å². The number of piperidine rings is 1. The third-order valence-electron chi connectivity index (χ3n) is 4.37. The van der Waals surface area contributed by atoms with Gasteiger partial charge in [0, 0.05) is 11.7 Å². The molecule has 1 aliphatic rings. The molecule has 0 aromatic carbocycles. The average molecular weight is 348 g/mol. The van der Waals surface area contributed by atoms with E-state index < -0.39 is 0 Å². The van der Waals surface area contributed by atoms with Crippen LogP contribution in [0.15, 0.2) is 18.2 Å². The fraction of sp³-hybridized carbons (Fsp3) is 0.471. The summed E-state index contributed by atoms with van der Waals surface area (Å²) in [6, 6.07) is 5.56. The van der Waals surface area contributed by atoms with Gasteiger partial charge in [0.05, 0.1) is 10.7 Å². The van der Waals surface area contributed by atoms with Crippen molar-refractivity contribution in [3.8, 4) is 5.82 Å². The molecule has 0 bridgehead atoms. The van der Waals surface area contributed by atoms with Crippen molar-refractivity contribution in [3.05, 3.63) is 40.3 Å². The summed E-state index contributed by atoms with van der Waals surface area (Å²) in [5, 5.41) is 11.1. The highest BCUT2D eigenvalue weighted by atomic mass is 35.5. The van der Waals surface area contributed by atoms with Gasteiger partial charge in [-0.05, 0) is 57.5 Å². The SMILES string of the molecule is Cc1cc(C)n(-c2ccc(Cl)c(C(=O)NC3CCNCC3C)n2)n1. The van der Waals surface area contributed by atoms with E-state index in [0.29, 0.717) is 16.8 Å². The lowest BCUT2D eigenvalue weighted by Gasteiger charge is -2.30. The first kappa shape index (κ1) is 16.9. The fourth-order valence-corrected chi connectivity index (χ4v) is 3.23. The predicted octanol–water partition coefficient (Wildman–Crippen LogP) is 2.27. The standard InChI is InChI=1S/C17H22ClN5O/c1-10-9-19-7-6-14(10)20-17(24)16-13(18)4-5-15(21-16)23-12(3)8-11(2)22-23/h4-5,8,10,14,19H,6-7,9H2,1-3H3,(H,20,24). The van der Waals surface area contributed by atoms with Gasteiger partial charge >= 0.3 is 0 Å². The third kappa shape index (κ3) is 3.44. The molecule has 1 aliphatic heterocycles. The van der Waals surface area contributed by atoms with Crippen LogP contribution in [0.4, 0.5) is 0 Å². The van der Waals surface area contributed by atoms with Gasteiger partial charge in [-0.2, -0.15) is 5.10 Å². The number of hydrogen-bond acceptors (Lipinski definition) is 4. The highest BCUT2D eigenvalue weighted by Gasteiger charge is 2.25. The molecule has 0 saturated carbocycles. The minimum Gasteiger partial charge on any atom is -0.348 e. The second-order valence-corrected chi connectivity index (χ2v) is 6.80. The van der Waals surface area contributed by atoms with E-state index in [-0.39, 0.29) is 17.6 Å². The van der Waals surface area contributed by atoms with Crippen molar-refractivity contribution in [2.75, 3.05) is 13.1 Å². The molecular weight excluding hydrogens is 326 g/mol. The molecule has 2 atom stereocenters. The molecule has 1 saturated heterocycles. The van der Waals surface area contributed by atoms with Crippen molar-refractivity contribution >= 4 is 17.5 Å². The van der Waals surface area contributed by atoms with Gasteiger partial charge in [-0.15, -0.1) is 0 Å². The van der Waals surface area contributed by atoms with Crippen LogP contribution in [0.25, 0.3) is 5.82 Å². The van der Waals surface area contributed by atoms with Gasteiger partial charge in [0.25, 0.3) is 5.91 Å². The Balaban J connectivity index is 1.86. The Bertz CT molecular complexity index is 757. The van der Waals surface area contributed by atoms with Crippen LogP contribution in [-0.4, -0.2) is 39.8 Å². The molecule has 1 amide bonds. The van der Waals surface area contributed by atoms with Gasteiger partial charge < -0.3 is 10.6 Å². The highest BCUT2D eigenvalue weighted by Crippen LogP contribution is 2.19. The average Bonchev–Trinajstić information content (AvgIpc) is 2.88. The number of halogens is 1. The smallest absolute Gasteiger partial charge is 0.271 e. The summed E-state index contributed by atoms with van der Waals surface area (Å²) >= 11 is 6.21. The van der Waals surface area contributed by atoms with E-state index >= 15 is 0 Å². The van der Waals surface area contributed by atoms with E-state index in [0.717, 1.165) is 30.9 Å². The normalized spacial score (nSPS) is 20.8. The van der Waals surface area contributed by atoms with Crippen LogP contribution in [0.5, 0.6) is 0 Å². The van der Waals surface area contributed by atoms with Crippen molar-refractivity contribution in [1.82, 2.24) is 25.4 Å². The first-order valence-corrected chi connectivity index (χ1v) is 8.55.